The van der Waals surface area contributed by atoms with Gasteiger partial charge in [0.25, 0.3) is 0 Å². The van der Waals surface area contributed by atoms with Crippen molar-refractivity contribution in [2.75, 3.05) is 18.0 Å². The Labute approximate surface area is 109 Å². The highest BCUT2D eigenvalue weighted by molar-refractivity contribution is 5.59. The number of aryl methyl sites for hydroxylation is 1. The summed E-state index contributed by atoms with van der Waals surface area (Å²) in [5, 5.41) is 9.00. The lowest BCUT2D eigenvalue weighted by atomic mass is 9.68. The zero-order valence-electron chi connectivity index (χ0n) is 11.1. The summed E-state index contributed by atoms with van der Waals surface area (Å²) >= 11 is 0. The van der Waals surface area contributed by atoms with Crippen molar-refractivity contribution in [3.05, 3.63) is 29.3 Å². The third-order valence-corrected chi connectivity index (χ3v) is 4.65. The summed E-state index contributed by atoms with van der Waals surface area (Å²) < 4.78 is 0. The van der Waals surface area contributed by atoms with E-state index in [-0.39, 0.29) is 0 Å². The molecule has 1 aliphatic heterocycles. The maximum Gasteiger partial charge on any atom is 0.0992 e. The van der Waals surface area contributed by atoms with Crippen molar-refractivity contribution in [3.63, 3.8) is 0 Å². The quantitative estimate of drug-likeness (QED) is 0.749. The first-order chi connectivity index (χ1) is 8.72. The molecule has 0 radical (unpaired) electrons. The molecule has 94 valence electrons. The van der Waals surface area contributed by atoms with E-state index in [1.807, 2.05) is 12.1 Å². The van der Waals surface area contributed by atoms with Gasteiger partial charge in [-0.2, -0.15) is 5.26 Å². The minimum atomic E-state index is 0.605. The molecule has 2 fully saturated rings. The van der Waals surface area contributed by atoms with Crippen LogP contribution in [-0.2, 0) is 0 Å². The van der Waals surface area contributed by atoms with Crippen LogP contribution in [0.5, 0.6) is 0 Å². The molecule has 2 aliphatic rings. The maximum absolute atomic E-state index is 9.00. The fourth-order valence-corrected chi connectivity index (χ4v) is 3.57. The highest BCUT2D eigenvalue weighted by atomic mass is 15.2. The van der Waals surface area contributed by atoms with E-state index < -0.39 is 0 Å². The van der Waals surface area contributed by atoms with Crippen molar-refractivity contribution in [2.24, 2.45) is 5.41 Å². The van der Waals surface area contributed by atoms with Crippen LogP contribution in [0.4, 0.5) is 5.69 Å². The van der Waals surface area contributed by atoms with Gasteiger partial charge in [-0.25, -0.2) is 0 Å². The van der Waals surface area contributed by atoms with E-state index in [0.717, 1.165) is 5.56 Å². The van der Waals surface area contributed by atoms with Crippen molar-refractivity contribution < 1.29 is 0 Å². The number of hydrogen-bond acceptors (Lipinski definition) is 2. The molecule has 1 spiro atoms. The molecular weight excluding hydrogens is 220 g/mol. The van der Waals surface area contributed by atoms with Gasteiger partial charge in [-0.05, 0) is 37.5 Å². The first-order valence-electron chi connectivity index (χ1n) is 6.98. The SMILES string of the molecule is Cc1ccc(C#N)cc1N1CC2(CCCCC2)C1. The average molecular weight is 240 g/mol. The second kappa shape index (κ2) is 4.31. The van der Waals surface area contributed by atoms with Crippen LogP contribution in [0.15, 0.2) is 18.2 Å². The molecule has 1 saturated carbocycles. The van der Waals surface area contributed by atoms with Gasteiger partial charge < -0.3 is 4.90 Å². The number of anilines is 1. The van der Waals surface area contributed by atoms with Crippen LogP contribution in [0.2, 0.25) is 0 Å². The molecule has 0 unspecified atom stereocenters. The van der Waals surface area contributed by atoms with Crippen LogP contribution < -0.4 is 4.90 Å². The maximum atomic E-state index is 9.00. The van der Waals surface area contributed by atoms with E-state index >= 15 is 0 Å². The van der Waals surface area contributed by atoms with E-state index in [9.17, 15) is 0 Å². The summed E-state index contributed by atoms with van der Waals surface area (Å²) in [6.07, 6.45) is 7.04. The van der Waals surface area contributed by atoms with Gasteiger partial charge in [0.05, 0.1) is 11.6 Å². The summed E-state index contributed by atoms with van der Waals surface area (Å²) in [5.74, 6) is 0. The largest absolute Gasteiger partial charge is 0.370 e. The molecule has 1 heterocycles. The molecule has 0 atom stereocenters. The van der Waals surface area contributed by atoms with Crippen molar-refractivity contribution in [2.45, 2.75) is 39.0 Å². The highest BCUT2D eigenvalue weighted by Gasteiger charge is 2.43. The van der Waals surface area contributed by atoms with E-state index in [2.05, 4.69) is 24.0 Å². The predicted molar refractivity (Wildman–Crippen MR) is 73.6 cm³/mol. The van der Waals surface area contributed by atoms with Gasteiger partial charge in [0.1, 0.15) is 0 Å². The molecule has 0 bridgehead atoms. The first kappa shape index (κ1) is 11.6. The molecule has 18 heavy (non-hydrogen) atoms. The van der Waals surface area contributed by atoms with E-state index in [4.69, 9.17) is 5.26 Å². The molecular formula is C16H20N2. The van der Waals surface area contributed by atoms with E-state index in [0.29, 0.717) is 5.41 Å². The van der Waals surface area contributed by atoms with Gasteiger partial charge >= 0.3 is 0 Å². The summed E-state index contributed by atoms with van der Waals surface area (Å²) in [6, 6.07) is 8.27. The van der Waals surface area contributed by atoms with E-state index in [1.54, 1.807) is 0 Å². The van der Waals surface area contributed by atoms with Crippen LogP contribution in [0.25, 0.3) is 0 Å². The van der Waals surface area contributed by atoms with Crippen LogP contribution in [-0.4, -0.2) is 13.1 Å². The second-order valence-electron chi connectivity index (χ2n) is 6.03. The molecule has 0 amide bonds. The Morgan fingerprint density at radius 1 is 1.17 bits per heavy atom. The minimum Gasteiger partial charge on any atom is -0.370 e. The normalized spacial score (nSPS) is 21.4. The summed E-state index contributed by atoms with van der Waals surface area (Å²) in [7, 11) is 0. The molecule has 1 aromatic rings. The molecule has 1 saturated heterocycles. The Kier molecular flexibility index (Phi) is 2.78. The fraction of sp³-hybridized carbons (Fsp3) is 0.562. The molecule has 2 heteroatoms. The van der Waals surface area contributed by atoms with Crippen molar-refractivity contribution in [3.8, 4) is 6.07 Å². The lowest BCUT2D eigenvalue weighted by Crippen LogP contribution is -2.57. The standard InChI is InChI=1S/C16H20N2/c1-13-5-6-14(10-17)9-15(13)18-11-16(12-18)7-3-2-4-8-16/h5-6,9H,2-4,7-8,11-12H2,1H3. The third kappa shape index (κ3) is 1.88. The molecule has 0 N–H and O–H groups in total. The highest BCUT2D eigenvalue weighted by Crippen LogP contribution is 2.46. The number of benzene rings is 1. The molecule has 1 aromatic carbocycles. The van der Waals surface area contributed by atoms with Gasteiger partial charge in [-0.15, -0.1) is 0 Å². The molecule has 2 nitrogen and oxygen atoms in total. The van der Waals surface area contributed by atoms with Crippen molar-refractivity contribution >= 4 is 5.69 Å². The fourth-order valence-electron chi connectivity index (χ4n) is 3.57. The van der Waals surface area contributed by atoms with E-state index in [1.165, 1.54) is 56.4 Å². The number of nitriles is 1. The Hall–Kier alpha value is -1.49. The molecule has 3 rings (SSSR count). The summed E-state index contributed by atoms with van der Waals surface area (Å²) in [4.78, 5) is 2.46. The van der Waals surface area contributed by atoms with Crippen LogP contribution >= 0.6 is 0 Å². The number of rotatable bonds is 1. The van der Waals surface area contributed by atoms with Crippen molar-refractivity contribution in [1.29, 1.82) is 5.26 Å². The Balaban J connectivity index is 1.76. The van der Waals surface area contributed by atoms with Crippen LogP contribution in [0.1, 0.15) is 43.2 Å². The Morgan fingerprint density at radius 3 is 2.56 bits per heavy atom. The first-order valence-corrected chi connectivity index (χ1v) is 6.98. The zero-order chi connectivity index (χ0) is 12.6. The Bertz CT molecular complexity index is 484. The predicted octanol–water partition coefficient (Wildman–Crippen LogP) is 3.64. The number of hydrogen-bond donors (Lipinski definition) is 0. The lowest BCUT2D eigenvalue weighted by molar-refractivity contribution is 0.139. The summed E-state index contributed by atoms with van der Waals surface area (Å²) in [5.41, 5.74) is 3.94. The number of nitrogens with zero attached hydrogens (tertiary/aromatic N) is 2. The lowest BCUT2D eigenvalue weighted by Gasteiger charge is -2.54. The van der Waals surface area contributed by atoms with Gasteiger partial charge in [0, 0.05) is 24.2 Å². The van der Waals surface area contributed by atoms with Gasteiger partial charge in [0.15, 0.2) is 0 Å². The zero-order valence-corrected chi connectivity index (χ0v) is 11.1. The average Bonchev–Trinajstić information content (AvgIpc) is 2.38. The van der Waals surface area contributed by atoms with Gasteiger partial charge in [-0.3, -0.25) is 0 Å². The minimum absolute atomic E-state index is 0.605. The molecule has 0 aromatic heterocycles. The second-order valence-corrected chi connectivity index (χ2v) is 6.03. The molecule has 1 aliphatic carbocycles. The third-order valence-electron chi connectivity index (χ3n) is 4.65. The van der Waals surface area contributed by atoms with Crippen LogP contribution in [0.3, 0.4) is 0 Å². The van der Waals surface area contributed by atoms with Crippen LogP contribution in [0, 0.1) is 23.7 Å². The summed E-state index contributed by atoms with van der Waals surface area (Å²) in [6.45, 7) is 4.54. The Morgan fingerprint density at radius 2 is 1.89 bits per heavy atom. The smallest absolute Gasteiger partial charge is 0.0992 e. The topological polar surface area (TPSA) is 27.0 Å². The van der Waals surface area contributed by atoms with Gasteiger partial charge in [-0.1, -0.05) is 25.3 Å². The van der Waals surface area contributed by atoms with Crippen molar-refractivity contribution in [1.82, 2.24) is 0 Å². The monoisotopic (exact) mass is 240 g/mol. The van der Waals surface area contributed by atoms with Gasteiger partial charge in [0.2, 0.25) is 0 Å².